The van der Waals surface area contributed by atoms with E-state index in [4.69, 9.17) is 10.5 Å². The number of nitrogens with zero attached hydrogens (tertiary/aromatic N) is 2. The number of fused-ring (bicyclic) bond motifs is 1. The molecule has 1 aliphatic rings. The summed E-state index contributed by atoms with van der Waals surface area (Å²) < 4.78 is 44.5. The predicted molar refractivity (Wildman–Crippen MR) is 111 cm³/mol. The summed E-state index contributed by atoms with van der Waals surface area (Å²) in [6.07, 6.45) is -0.588. The van der Waals surface area contributed by atoms with Crippen molar-refractivity contribution in [2.75, 3.05) is 25.1 Å². The van der Waals surface area contributed by atoms with Crippen LogP contribution in [-0.2, 0) is 20.5 Å². The first-order chi connectivity index (χ1) is 15.2. The summed E-state index contributed by atoms with van der Waals surface area (Å²) in [4.78, 5) is 34.0. The van der Waals surface area contributed by atoms with Gasteiger partial charge in [-0.25, -0.2) is 0 Å². The number of rotatable bonds is 5. The molecule has 1 aliphatic heterocycles. The third kappa shape index (κ3) is 3.65. The zero-order chi connectivity index (χ0) is 23.1. The van der Waals surface area contributed by atoms with Gasteiger partial charge >= 0.3 is 12.1 Å². The monoisotopic (exact) mass is 446 g/mol. The first-order valence-electron chi connectivity index (χ1n) is 9.88. The van der Waals surface area contributed by atoms with Crippen LogP contribution in [0.4, 0.5) is 18.9 Å². The van der Waals surface area contributed by atoms with Crippen LogP contribution in [0, 0.1) is 5.41 Å². The molecule has 3 aromatic rings. The highest BCUT2D eigenvalue weighted by Gasteiger charge is 2.54. The molecule has 7 nitrogen and oxygen atoms in total. The van der Waals surface area contributed by atoms with Crippen LogP contribution in [0.1, 0.15) is 23.5 Å². The smallest absolute Gasteiger partial charge is 0.417 e. The van der Waals surface area contributed by atoms with Crippen molar-refractivity contribution in [3.05, 3.63) is 60.0 Å². The third-order valence-electron chi connectivity index (χ3n) is 6.06. The van der Waals surface area contributed by atoms with E-state index < -0.39 is 34.9 Å². The molecule has 32 heavy (non-hydrogen) atoms. The summed E-state index contributed by atoms with van der Waals surface area (Å²) in [6, 6.07) is 8.14. The molecule has 0 bridgehead atoms. The largest absolute Gasteiger partial charge is 0.469 e. The van der Waals surface area contributed by atoms with E-state index in [1.165, 1.54) is 13.3 Å². The number of methoxy groups -OCH3 is 1. The van der Waals surface area contributed by atoms with Crippen molar-refractivity contribution in [1.29, 1.82) is 0 Å². The molecule has 0 aliphatic carbocycles. The number of benzene rings is 1. The Morgan fingerprint density at radius 1 is 1.25 bits per heavy atom. The number of H-pyrrole nitrogens is 1. The standard InChI is InChI=1S/C22H21F3N4O3/c1-32-20(31)21(18(19(26)30)14-3-2-13-4-6-28-17(13)8-14)5-7-29(12-21)16-9-15(10-27-11-16)22(23,24)25/h2-4,6,8-11,18,28H,5,7,12H2,1H3,(H2,26,30)/t18?,21-/m1/s1. The Bertz CT molecular complexity index is 1180. The number of ether oxygens (including phenoxy) is 1. The molecule has 0 saturated carbocycles. The second-order valence-electron chi connectivity index (χ2n) is 7.91. The van der Waals surface area contributed by atoms with Gasteiger partial charge in [0, 0.05) is 31.0 Å². The molecule has 1 unspecified atom stereocenters. The second-order valence-corrected chi connectivity index (χ2v) is 7.91. The van der Waals surface area contributed by atoms with E-state index in [9.17, 15) is 22.8 Å². The van der Waals surface area contributed by atoms with Crippen LogP contribution in [0.25, 0.3) is 10.9 Å². The Hall–Kier alpha value is -3.56. The molecule has 3 N–H and O–H groups in total. The molecule has 10 heteroatoms. The molecule has 0 radical (unpaired) electrons. The molecule has 2 aromatic heterocycles. The van der Waals surface area contributed by atoms with Crippen molar-refractivity contribution in [2.24, 2.45) is 11.1 Å². The number of nitrogens with one attached hydrogen (secondary N) is 1. The number of hydrogen-bond donors (Lipinski definition) is 2. The van der Waals surface area contributed by atoms with Gasteiger partial charge in [0.05, 0.1) is 30.5 Å². The molecule has 0 spiro atoms. The molecular formula is C22H21F3N4O3. The number of aromatic amines is 1. The van der Waals surface area contributed by atoms with E-state index in [0.717, 1.165) is 23.2 Å². The highest BCUT2D eigenvalue weighted by Crippen LogP contribution is 2.46. The fraction of sp³-hybridized carbons (Fsp3) is 0.318. The molecule has 1 amide bonds. The number of carbonyl (C=O) groups excluding carboxylic acids is 2. The highest BCUT2D eigenvalue weighted by molar-refractivity contribution is 5.93. The number of hydrogen-bond acceptors (Lipinski definition) is 5. The molecule has 1 saturated heterocycles. The summed E-state index contributed by atoms with van der Waals surface area (Å²) in [7, 11) is 1.21. The van der Waals surface area contributed by atoms with Crippen LogP contribution < -0.4 is 10.6 Å². The number of alkyl halides is 3. The van der Waals surface area contributed by atoms with Gasteiger partial charge in [-0.1, -0.05) is 12.1 Å². The minimum Gasteiger partial charge on any atom is -0.469 e. The van der Waals surface area contributed by atoms with E-state index in [0.29, 0.717) is 5.56 Å². The highest BCUT2D eigenvalue weighted by atomic mass is 19.4. The average Bonchev–Trinajstić information content (AvgIpc) is 3.40. The minimum absolute atomic E-state index is 0.0426. The lowest BCUT2D eigenvalue weighted by Crippen LogP contribution is -2.46. The number of anilines is 1. The van der Waals surface area contributed by atoms with Crippen LogP contribution in [0.3, 0.4) is 0 Å². The molecular weight excluding hydrogens is 425 g/mol. The van der Waals surface area contributed by atoms with Gasteiger partial charge in [0.1, 0.15) is 5.41 Å². The topological polar surface area (TPSA) is 101 Å². The SMILES string of the molecule is COC(=O)[C@]1(C(C(N)=O)c2ccc3cc[nH]c3c2)CCN(c2cncc(C(F)(F)F)c2)C1. The summed E-state index contributed by atoms with van der Waals surface area (Å²) in [5.41, 5.74) is 5.02. The number of amides is 1. The van der Waals surface area contributed by atoms with Crippen LogP contribution in [0.2, 0.25) is 0 Å². The second kappa shape index (κ2) is 7.85. The lowest BCUT2D eigenvalue weighted by atomic mass is 9.70. The maximum atomic E-state index is 13.1. The summed E-state index contributed by atoms with van der Waals surface area (Å²) in [5, 5.41) is 0.923. The molecule has 3 heterocycles. The molecule has 168 valence electrons. The van der Waals surface area contributed by atoms with Gasteiger partial charge in [-0.2, -0.15) is 13.2 Å². The van der Waals surface area contributed by atoms with Crippen molar-refractivity contribution in [3.63, 3.8) is 0 Å². The van der Waals surface area contributed by atoms with Gasteiger partial charge in [0.2, 0.25) is 5.91 Å². The Morgan fingerprint density at radius 2 is 2.03 bits per heavy atom. The first kappa shape index (κ1) is 21.7. The predicted octanol–water partition coefficient (Wildman–Crippen LogP) is 3.22. The van der Waals surface area contributed by atoms with Gasteiger partial charge in [-0.3, -0.25) is 14.6 Å². The molecule has 1 fully saturated rings. The lowest BCUT2D eigenvalue weighted by Gasteiger charge is -2.33. The van der Waals surface area contributed by atoms with Crippen LogP contribution in [-0.4, -0.2) is 42.0 Å². The number of aromatic nitrogens is 2. The van der Waals surface area contributed by atoms with E-state index in [2.05, 4.69) is 9.97 Å². The number of primary amides is 1. The van der Waals surface area contributed by atoms with Gasteiger partial charge in [-0.05, 0) is 35.6 Å². The Labute approximate surface area is 181 Å². The first-order valence-corrected chi connectivity index (χ1v) is 9.88. The van der Waals surface area contributed by atoms with Crippen LogP contribution in [0.15, 0.2) is 48.9 Å². The number of carbonyl (C=O) groups is 2. The number of pyridine rings is 1. The van der Waals surface area contributed by atoms with Gasteiger partial charge in [0.15, 0.2) is 0 Å². The van der Waals surface area contributed by atoms with E-state index in [1.54, 1.807) is 23.2 Å². The summed E-state index contributed by atoms with van der Waals surface area (Å²) >= 11 is 0. The number of nitrogens with two attached hydrogens (primary N) is 1. The number of halogens is 3. The Kier molecular flexibility index (Phi) is 5.31. The normalized spacial score (nSPS) is 19.8. The van der Waals surface area contributed by atoms with Crippen molar-refractivity contribution in [2.45, 2.75) is 18.5 Å². The van der Waals surface area contributed by atoms with Crippen molar-refractivity contribution < 1.29 is 27.5 Å². The van der Waals surface area contributed by atoms with Gasteiger partial charge < -0.3 is 20.4 Å². The van der Waals surface area contributed by atoms with E-state index >= 15 is 0 Å². The van der Waals surface area contributed by atoms with Crippen molar-refractivity contribution in [1.82, 2.24) is 9.97 Å². The molecule has 2 atom stereocenters. The summed E-state index contributed by atoms with van der Waals surface area (Å²) in [6.45, 7) is 0.186. The molecule has 4 rings (SSSR count). The lowest BCUT2D eigenvalue weighted by molar-refractivity contribution is -0.155. The van der Waals surface area contributed by atoms with E-state index in [1.807, 2.05) is 12.1 Å². The maximum Gasteiger partial charge on any atom is 0.417 e. The van der Waals surface area contributed by atoms with Crippen LogP contribution >= 0.6 is 0 Å². The quantitative estimate of drug-likeness (QED) is 0.586. The van der Waals surface area contributed by atoms with Gasteiger partial charge in [-0.15, -0.1) is 0 Å². The van der Waals surface area contributed by atoms with E-state index in [-0.39, 0.29) is 25.2 Å². The minimum atomic E-state index is -4.55. The Morgan fingerprint density at radius 3 is 2.72 bits per heavy atom. The Balaban J connectivity index is 1.75. The zero-order valence-corrected chi connectivity index (χ0v) is 17.1. The van der Waals surface area contributed by atoms with Crippen LogP contribution in [0.5, 0.6) is 0 Å². The number of esters is 1. The van der Waals surface area contributed by atoms with Crippen molar-refractivity contribution >= 4 is 28.5 Å². The summed E-state index contributed by atoms with van der Waals surface area (Å²) in [5.74, 6) is -2.40. The average molecular weight is 446 g/mol. The third-order valence-corrected chi connectivity index (χ3v) is 6.06. The van der Waals surface area contributed by atoms with Gasteiger partial charge in [0.25, 0.3) is 0 Å². The fourth-order valence-corrected chi connectivity index (χ4v) is 4.53. The molecule has 1 aromatic carbocycles. The zero-order valence-electron chi connectivity index (χ0n) is 17.1. The maximum absolute atomic E-state index is 13.1. The van der Waals surface area contributed by atoms with Crippen molar-refractivity contribution in [3.8, 4) is 0 Å². The fourth-order valence-electron chi connectivity index (χ4n) is 4.53.